The van der Waals surface area contributed by atoms with Gasteiger partial charge in [0.25, 0.3) is 0 Å². The lowest BCUT2D eigenvalue weighted by Gasteiger charge is -2.15. The van der Waals surface area contributed by atoms with Crippen molar-refractivity contribution in [2.45, 2.75) is 84.2 Å². The maximum Gasteiger partial charge on any atom is 0.344 e. The maximum absolute atomic E-state index is 10.9. The van der Waals surface area contributed by atoms with E-state index in [1.807, 2.05) is 18.2 Å². The van der Waals surface area contributed by atoms with Crippen molar-refractivity contribution < 1.29 is 19.4 Å². The molecule has 1 rings (SSSR count). The molecule has 0 aliphatic carbocycles. The van der Waals surface area contributed by atoms with Crippen molar-refractivity contribution in [2.24, 2.45) is 0 Å². The molecular formula is C21H34O4. The number of carboxylic acid groups (broad SMARTS) is 1. The maximum atomic E-state index is 10.9. The zero-order valence-electron chi connectivity index (χ0n) is 15.8. The molecule has 0 heterocycles. The predicted octanol–water partition coefficient (Wildman–Crippen LogP) is 5.84. The van der Waals surface area contributed by atoms with Crippen molar-refractivity contribution in [3.05, 3.63) is 24.3 Å². The Kier molecular flexibility index (Phi) is 11.6. The highest BCUT2D eigenvalue weighted by Crippen LogP contribution is 2.27. The summed E-state index contributed by atoms with van der Waals surface area (Å²) >= 11 is 0. The minimum absolute atomic E-state index is 0.490. The fourth-order valence-electron chi connectivity index (χ4n) is 2.68. The zero-order chi connectivity index (χ0) is 18.3. The van der Waals surface area contributed by atoms with E-state index in [0.29, 0.717) is 18.1 Å². The molecule has 4 nitrogen and oxygen atoms in total. The highest BCUT2D eigenvalue weighted by Gasteiger charge is 2.15. The smallest absolute Gasteiger partial charge is 0.344 e. The van der Waals surface area contributed by atoms with Crippen molar-refractivity contribution in [2.75, 3.05) is 6.61 Å². The number of ether oxygens (including phenoxy) is 2. The number of carbonyl (C=O) groups is 1. The largest absolute Gasteiger partial charge is 0.490 e. The van der Waals surface area contributed by atoms with Crippen molar-refractivity contribution in [3.63, 3.8) is 0 Å². The van der Waals surface area contributed by atoms with E-state index in [9.17, 15) is 4.79 Å². The van der Waals surface area contributed by atoms with Crippen LogP contribution in [0, 0.1) is 0 Å². The van der Waals surface area contributed by atoms with Gasteiger partial charge in [-0.25, -0.2) is 4.79 Å². The molecule has 1 aromatic carbocycles. The molecule has 0 saturated carbocycles. The van der Waals surface area contributed by atoms with Gasteiger partial charge in [0, 0.05) is 0 Å². The average Bonchev–Trinajstić information content (AvgIpc) is 2.60. The third-order valence-electron chi connectivity index (χ3n) is 4.26. The Labute approximate surface area is 152 Å². The second-order valence-corrected chi connectivity index (χ2v) is 6.58. The van der Waals surface area contributed by atoms with E-state index in [4.69, 9.17) is 14.6 Å². The van der Waals surface area contributed by atoms with Gasteiger partial charge in [0.05, 0.1) is 6.61 Å². The van der Waals surface area contributed by atoms with Gasteiger partial charge < -0.3 is 14.6 Å². The van der Waals surface area contributed by atoms with Crippen LogP contribution in [0.3, 0.4) is 0 Å². The second kappa shape index (κ2) is 13.6. The number of unbranched alkanes of at least 4 members (excludes halogenated alkanes) is 9. The number of para-hydroxylation sites is 2. The first kappa shape index (κ1) is 21.3. The van der Waals surface area contributed by atoms with Gasteiger partial charge in [-0.15, -0.1) is 0 Å². The molecule has 1 aromatic rings. The number of aliphatic carboxylic acids is 1. The third kappa shape index (κ3) is 10.0. The Morgan fingerprint density at radius 3 is 2.00 bits per heavy atom. The summed E-state index contributed by atoms with van der Waals surface area (Å²) in [4.78, 5) is 10.9. The number of hydrogen-bond acceptors (Lipinski definition) is 3. The van der Waals surface area contributed by atoms with Crippen LogP contribution in [0.1, 0.15) is 78.1 Å². The molecule has 0 spiro atoms. The van der Waals surface area contributed by atoms with Crippen LogP contribution in [-0.4, -0.2) is 23.8 Å². The first-order valence-corrected chi connectivity index (χ1v) is 9.76. The molecule has 1 unspecified atom stereocenters. The van der Waals surface area contributed by atoms with Crippen LogP contribution in [0.25, 0.3) is 0 Å². The normalized spacial score (nSPS) is 11.9. The molecule has 0 fully saturated rings. The van der Waals surface area contributed by atoms with Crippen LogP contribution in [0.15, 0.2) is 24.3 Å². The molecule has 0 radical (unpaired) electrons. The summed E-state index contributed by atoms with van der Waals surface area (Å²) < 4.78 is 11.2. The Morgan fingerprint density at radius 2 is 1.44 bits per heavy atom. The molecule has 0 aliphatic heterocycles. The molecular weight excluding hydrogens is 316 g/mol. The first-order chi connectivity index (χ1) is 12.1. The first-order valence-electron chi connectivity index (χ1n) is 9.76. The van der Waals surface area contributed by atoms with E-state index < -0.39 is 12.1 Å². The standard InChI is InChI=1S/C21H34O4/c1-3-4-5-6-7-8-9-10-11-14-17-24-19-15-12-13-16-20(19)25-18(2)21(22)23/h12-13,15-16,18H,3-11,14,17H2,1-2H3,(H,22,23). The van der Waals surface area contributed by atoms with Gasteiger partial charge in [-0.05, 0) is 25.5 Å². The number of benzene rings is 1. The molecule has 0 aromatic heterocycles. The Bertz CT molecular complexity index is 473. The van der Waals surface area contributed by atoms with Crippen LogP contribution in [0.5, 0.6) is 11.5 Å². The van der Waals surface area contributed by atoms with Gasteiger partial charge in [-0.1, -0.05) is 76.8 Å². The zero-order valence-corrected chi connectivity index (χ0v) is 15.8. The van der Waals surface area contributed by atoms with Gasteiger partial charge in [0.15, 0.2) is 17.6 Å². The van der Waals surface area contributed by atoms with Crippen LogP contribution in [-0.2, 0) is 4.79 Å². The number of hydrogen-bond donors (Lipinski definition) is 1. The number of carboxylic acids is 1. The lowest BCUT2D eigenvalue weighted by atomic mass is 10.1. The Hall–Kier alpha value is -1.71. The molecule has 0 aliphatic rings. The third-order valence-corrected chi connectivity index (χ3v) is 4.26. The molecule has 0 amide bonds. The minimum atomic E-state index is -0.982. The van der Waals surface area contributed by atoms with Crippen LogP contribution >= 0.6 is 0 Å². The van der Waals surface area contributed by atoms with E-state index in [-0.39, 0.29) is 0 Å². The minimum Gasteiger partial charge on any atom is -0.490 e. The SMILES string of the molecule is CCCCCCCCCCCCOc1ccccc1OC(C)C(=O)O. The van der Waals surface area contributed by atoms with Crippen molar-refractivity contribution in [1.29, 1.82) is 0 Å². The van der Waals surface area contributed by atoms with Crippen LogP contribution < -0.4 is 9.47 Å². The quantitative estimate of drug-likeness (QED) is 0.404. The predicted molar refractivity (Wildman–Crippen MR) is 102 cm³/mol. The van der Waals surface area contributed by atoms with E-state index in [1.165, 1.54) is 64.7 Å². The lowest BCUT2D eigenvalue weighted by molar-refractivity contribution is -0.144. The van der Waals surface area contributed by atoms with Gasteiger partial charge >= 0.3 is 5.97 Å². The highest BCUT2D eigenvalue weighted by molar-refractivity contribution is 5.72. The van der Waals surface area contributed by atoms with Gasteiger partial charge in [0.1, 0.15) is 0 Å². The monoisotopic (exact) mass is 350 g/mol. The summed E-state index contributed by atoms with van der Waals surface area (Å²) in [5.41, 5.74) is 0. The van der Waals surface area contributed by atoms with E-state index >= 15 is 0 Å². The van der Waals surface area contributed by atoms with Crippen molar-refractivity contribution in [3.8, 4) is 11.5 Å². The summed E-state index contributed by atoms with van der Waals surface area (Å²) in [7, 11) is 0. The van der Waals surface area contributed by atoms with E-state index in [1.54, 1.807) is 6.07 Å². The molecule has 25 heavy (non-hydrogen) atoms. The fourth-order valence-corrected chi connectivity index (χ4v) is 2.68. The molecule has 0 bridgehead atoms. The summed E-state index contributed by atoms with van der Waals surface area (Å²) in [6, 6.07) is 7.25. The summed E-state index contributed by atoms with van der Waals surface area (Å²) in [5, 5.41) is 8.95. The lowest BCUT2D eigenvalue weighted by Crippen LogP contribution is -2.23. The molecule has 0 saturated heterocycles. The van der Waals surface area contributed by atoms with Crippen LogP contribution in [0.4, 0.5) is 0 Å². The summed E-state index contributed by atoms with van der Waals surface area (Å²) in [6.07, 6.45) is 12.0. The fraction of sp³-hybridized carbons (Fsp3) is 0.667. The molecule has 1 N–H and O–H groups in total. The number of rotatable bonds is 15. The highest BCUT2D eigenvalue weighted by atomic mass is 16.5. The average molecular weight is 350 g/mol. The van der Waals surface area contributed by atoms with Crippen molar-refractivity contribution in [1.82, 2.24) is 0 Å². The summed E-state index contributed by atoms with van der Waals surface area (Å²) in [6.45, 7) is 4.40. The topological polar surface area (TPSA) is 55.8 Å². The molecule has 4 heteroatoms. The van der Waals surface area contributed by atoms with Crippen molar-refractivity contribution >= 4 is 5.97 Å². The van der Waals surface area contributed by atoms with Crippen LogP contribution in [0.2, 0.25) is 0 Å². The second-order valence-electron chi connectivity index (χ2n) is 6.58. The molecule has 142 valence electrons. The molecule has 1 atom stereocenters. The van der Waals surface area contributed by atoms with Gasteiger partial charge in [-0.2, -0.15) is 0 Å². The van der Waals surface area contributed by atoms with Gasteiger partial charge in [-0.3, -0.25) is 0 Å². The Balaban J connectivity index is 2.13. The van der Waals surface area contributed by atoms with E-state index in [2.05, 4.69) is 6.92 Å². The van der Waals surface area contributed by atoms with E-state index in [0.717, 1.165) is 6.42 Å². The summed E-state index contributed by atoms with van der Waals surface area (Å²) in [5.74, 6) is 0.125. The Morgan fingerprint density at radius 1 is 0.920 bits per heavy atom. The van der Waals surface area contributed by atoms with Gasteiger partial charge in [0.2, 0.25) is 0 Å².